The molecule has 0 aromatic heterocycles. The van der Waals surface area contributed by atoms with Crippen LogP contribution in [0.2, 0.25) is 0 Å². The zero-order valence-corrected chi connectivity index (χ0v) is 15.8. The standard InChI is InChI=1S/C22H27NO2S/c24-21(17-10-4-1-5-11-17)20(16-26-19-14-8-3-9-15-19)22(25)23-18-12-6-2-7-13-18/h2-3,6-9,12-15,17,20-21,24H,1,4-5,10-11,16H2,(H,23,25)/t20-,21-/m1/s1. The van der Waals surface area contributed by atoms with Crippen LogP contribution in [0, 0.1) is 11.8 Å². The lowest BCUT2D eigenvalue weighted by atomic mass is 9.80. The van der Waals surface area contributed by atoms with E-state index in [0.29, 0.717) is 5.75 Å². The molecule has 0 heterocycles. The van der Waals surface area contributed by atoms with Gasteiger partial charge in [-0.15, -0.1) is 11.8 Å². The van der Waals surface area contributed by atoms with Gasteiger partial charge in [0.15, 0.2) is 0 Å². The fourth-order valence-corrected chi connectivity index (χ4v) is 4.66. The van der Waals surface area contributed by atoms with Crippen LogP contribution in [0.5, 0.6) is 0 Å². The maximum atomic E-state index is 12.9. The SMILES string of the molecule is O=C(Nc1ccccc1)[C@H](CSc1ccccc1)[C@H](O)C1CCCCC1. The molecule has 0 saturated heterocycles. The topological polar surface area (TPSA) is 49.3 Å². The number of amides is 1. The van der Waals surface area contributed by atoms with Crippen LogP contribution in [0.4, 0.5) is 5.69 Å². The first-order valence-electron chi connectivity index (χ1n) is 9.46. The van der Waals surface area contributed by atoms with Crippen molar-refractivity contribution in [2.45, 2.75) is 43.1 Å². The third kappa shape index (κ3) is 5.36. The molecule has 1 aliphatic carbocycles. The van der Waals surface area contributed by atoms with Gasteiger partial charge >= 0.3 is 0 Å². The summed E-state index contributed by atoms with van der Waals surface area (Å²) in [6, 6.07) is 19.6. The fourth-order valence-electron chi connectivity index (χ4n) is 3.59. The number of anilines is 1. The van der Waals surface area contributed by atoms with Crippen molar-refractivity contribution in [3.63, 3.8) is 0 Å². The fraction of sp³-hybridized carbons (Fsp3) is 0.409. The second-order valence-electron chi connectivity index (χ2n) is 6.97. The van der Waals surface area contributed by atoms with Gasteiger partial charge in [0.05, 0.1) is 12.0 Å². The third-order valence-electron chi connectivity index (χ3n) is 5.10. The van der Waals surface area contributed by atoms with Crippen LogP contribution in [0.1, 0.15) is 32.1 Å². The number of para-hydroxylation sites is 1. The molecule has 3 rings (SSSR count). The van der Waals surface area contributed by atoms with E-state index in [-0.39, 0.29) is 11.8 Å². The van der Waals surface area contributed by atoms with Crippen molar-refractivity contribution in [1.29, 1.82) is 0 Å². The molecule has 0 bridgehead atoms. The van der Waals surface area contributed by atoms with Gasteiger partial charge in [0, 0.05) is 16.3 Å². The lowest BCUT2D eigenvalue weighted by Crippen LogP contribution is -2.40. The van der Waals surface area contributed by atoms with E-state index in [2.05, 4.69) is 5.32 Å². The summed E-state index contributed by atoms with van der Waals surface area (Å²) in [6.07, 6.45) is 5.00. The summed E-state index contributed by atoms with van der Waals surface area (Å²) >= 11 is 1.64. The number of aliphatic hydroxyl groups is 1. The van der Waals surface area contributed by atoms with Crippen LogP contribution in [0.3, 0.4) is 0 Å². The zero-order chi connectivity index (χ0) is 18.2. The molecule has 0 spiro atoms. The molecular weight excluding hydrogens is 342 g/mol. The first-order valence-corrected chi connectivity index (χ1v) is 10.4. The number of nitrogens with one attached hydrogen (secondary N) is 1. The Balaban J connectivity index is 1.70. The van der Waals surface area contributed by atoms with Crippen molar-refractivity contribution in [2.24, 2.45) is 11.8 Å². The highest BCUT2D eigenvalue weighted by Crippen LogP contribution is 2.32. The highest BCUT2D eigenvalue weighted by atomic mass is 32.2. The first-order chi connectivity index (χ1) is 12.7. The van der Waals surface area contributed by atoms with Crippen LogP contribution in [0.15, 0.2) is 65.6 Å². The van der Waals surface area contributed by atoms with Crippen LogP contribution in [0.25, 0.3) is 0 Å². The summed E-state index contributed by atoms with van der Waals surface area (Å²) < 4.78 is 0. The summed E-state index contributed by atoms with van der Waals surface area (Å²) in [5.41, 5.74) is 0.781. The quantitative estimate of drug-likeness (QED) is 0.677. The largest absolute Gasteiger partial charge is 0.392 e. The van der Waals surface area contributed by atoms with E-state index >= 15 is 0 Å². The molecule has 4 heteroatoms. The molecule has 2 aromatic carbocycles. The highest BCUT2D eigenvalue weighted by molar-refractivity contribution is 7.99. The molecule has 1 fully saturated rings. The van der Waals surface area contributed by atoms with Crippen LogP contribution >= 0.6 is 11.8 Å². The maximum absolute atomic E-state index is 12.9. The Hall–Kier alpha value is -1.78. The molecule has 0 radical (unpaired) electrons. The lowest BCUT2D eigenvalue weighted by Gasteiger charge is -2.31. The highest BCUT2D eigenvalue weighted by Gasteiger charge is 2.33. The van der Waals surface area contributed by atoms with Crippen LogP contribution < -0.4 is 5.32 Å². The number of hydrogen-bond acceptors (Lipinski definition) is 3. The normalized spacial score (nSPS) is 17.4. The number of benzene rings is 2. The van der Waals surface area contributed by atoms with Crippen molar-refractivity contribution < 1.29 is 9.90 Å². The van der Waals surface area contributed by atoms with E-state index in [1.54, 1.807) is 11.8 Å². The maximum Gasteiger partial charge on any atom is 0.230 e. The summed E-state index contributed by atoms with van der Waals surface area (Å²) in [4.78, 5) is 14.1. The Bertz CT molecular complexity index is 671. The van der Waals surface area contributed by atoms with Crippen LogP contribution in [-0.4, -0.2) is 22.9 Å². The lowest BCUT2D eigenvalue weighted by molar-refractivity contribution is -0.124. The van der Waals surface area contributed by atoms with Gasteiger partial charge in [-0.25, -0.2) is 0 Å². The van der Waals surface area contributed by atoms with Crippen molar-refractivity contribution in [2.75, 3.05) is 11.1 Å². The van der Waals surface area contributed by atoms with E-state index in [9.17, 15) is 9.90 Å². The van der Waals surface area contributed by atoms with E-state index in [4.69, 9.17) is 0 Å². The molecule has 1 saturated carbocycles. The minimum absolute atomic E-state index is 0.0855. The average molecular weight is 370 g/mol. The molecule has 26 heavy (non-hydrogen) atoms. The molecule has 2 atom stereocenters. The summed E-state index contributed by atoms with van der Waals surface area (Å²) in [6.45, 7) is 0. The molecule has 3 nitrogen and oxygen atoms in total. The van der Waals surface area contributed by atoms with Gasteiger partial charge in [0.25, 0.3) is 0 Å². The summed E-state index contributed by atoms with van der Waals surface area (Å²) in [5.74, 6) is 0.313. The molecule has 2 N–H and O–H groups in total. The minimum atomic E-state index is -0.588. The molecule has 1 aliphatic rings. The van der Waals surface area contributed by atoms with E-state index in [0.717, 1.165) is 36.3 Å². The predicted octanol–water partition coefficient (Wildman–Crippen LogP) is 4.97. The van der Waals surface area contributed by atoms with E-state index < -0.39 is 12.0 Å². The number of carbonyl (C=O) groups excluding carboxylic acids is 1. The Labute approximate surface area is 160 Å². The Kier molecular flexibility index (Phi) is 7.15. The number of hydrogen-bond donors (Lipinski definition) is 2. The van der Waals surface area contributed by atoms with Gasteiger partial charge in [-0.05, 0) is 43.0 Å². The van der Waals surface area contributed by atoms with Gasteiger partial charge in [-0.3, -0.25) is 4.79 Å². The van der Waals surface area contributed by atoms with Gasteiger partial charge in [0.1, 0.15) is 0 Å². The Morgan fingerprint density at radius 3 is 2.27 bits per heavy atom. The monoisotopic (exact) mass is 369 g/mol. The molecule has 0 unspecified atom stereocenters. The number of rotatable bonds is 7. The Morgan fingerprint density at radius 2 is 1.62 bits per heavy atom. The van der Waals surface area contributed by atoms with Gasteiger partial charge in [-0.2, -0.15) is 0 Å². The number of aliphatic hydroxyl groups excluding tert-OH is 1. The number of thioether (sulfide) groups is 1. The van der Waals surface area contributed by atoms with Crippen LogP contribution in [-0.2, 0) is 4.79 Å². The molecule has 138 valence electrons. The van der Waals surface area contributed by atoms with Crippen molar-refractivity contribution >= 4 is 23.4 Å². The first kappa shape index (κ1) is 19.0. The minimum Gasteiger partial charge on any atom is -0.392 e. The predicted molar refractivity (Wildman–Crippen MR) is 108 cm³/mol. The summed E-state index contributed by atoms with van der Waals surface area (Å²) in [7, 11) is 0. The molecular formula is C22H27NO2S. The van der Waals surface area contributed by atoms with E-state index in [1.807, 2.05) is 60.7 Å². The summed E-state index contributed by atoms with van der Waals surface area (Å²) in [5, 5.41) is 14.0. The molecule has 2 aromatic rings. The third-order valence-corrected chi connectivity index (χ3v) is 6.23. The average Bonchev–Trinajstić information content (AvgIpc) is 2.70. The Morgan fingerprint density at radius 1 is 1.00 bits per heavy atom. The molecule has 1 amide bonds. The second-order valence-corrected chi connectivity index (χ2v) is 8.07. The van der Waals surface area contributed by atoms with Crippen molar-refractivity contribution in [3.8, 4) is 0 Å². The number of carbonyl (C=O) groups is 1. The van der Waals surface area contributed by atoms with Crippen molar-refractivity contribution in [1.82, 2.24) is 0 Å². The molecule has 0 aliphatic heterocycles. The van der Waals surface area contributed by atoms with Gasteiger partial charge < -0.3 is 10.4 Å². The van der Waals surface area contributed by atoms with Gasteiger partial charge in [-0.1, -0.05) is 55.7 Å². The van der Waals surface area contributed by atoms with Gasteiger partial charge in [0.2, 0.25) is 5.91 Å². The smallest absolute Gasteiger partial charge is 0.230 e. The van der Waals surface area contributed by atoms with E-state index in [1.165, 1.54) is 6.42 Å². The van der Waals surface area contributed by atoms with Crippen molar-refractivity contribution in [3.05, 3.63) is 60.7 Å². The zero-order valence-electron chi connectivity index (χ0n) is 15.0. The second kappa shape index (κ2) is 9.79.